The molecule has 0 aliphatic rings. The van der Waals surface area contributed by atoms with Gasteiger partial charge in [-0.1, -0.05) is 48.5 Å². The lowest BCUT2D eigenvalue weighted by molar-refractivity contribution is -0.164. The Morgan fingerprint density at radius 2 is 1.68 bits per heavy atom. The average Bonchev–Trinajstić information content (AvgIpc) is 2.54. The molecule has 4 heteroatoms. The number of anilines is 1. The Morgan fingerprint density at radius 1 is 1.14 bits per heavy atom. The van der Waals surface area contributed by atoms with Gasteiger partial charge in [0.25, 0.3) is 0 Å². The monoisotopic (exact) mass is 299 g/mol. The SMILES string of the molecule is CCOC(=O)C(C)(O)C(Nc1ccccc1)c1ccccc1. The molecule has 2 aromatic carbocycles. The molecule has 0 saturated carbocycles. The number of benzene rings is 2. The number of nitrogens with one attached hydrogen (secondary N) is 1. The number of rotatable bonds is 6. The number of aliphatic hydroxyl groups is 1. The van der Waals surface area contributed by atoms with Gasteiger partial charge in [-0.2, -0.15) is 0 Å². The predicted octanol–water partition coefficient (Wildman–Crippen LogP) is 3.15. The molecule has 0 saturated heterocycles. The number of esters is 1. The van der Waals surface area contributed by atoms with Gasteiger partial charge in [-0.3, -0.25) is 0 Å². The van der Waals surface area contributed by atoms with Crippen LogP contribution in [0.2, 0.25) is 0 Å². The summed E-state index contributed by atoms with van der Waals surface area (Å²) >= 11 is 0. The Labute approximate surface area is 130 Å². The van der Waals surface area contributed by atoms with Crippen LogP contribution in [-0.2, 0) is 9.53 Å². The molecular formula is C18H21NO3. The number of para-hydroxylation sites is 1. The zero-order valence-corrected chi connectivity index (χ0v) is 12.8. The molecule has 0 spiro atoms. The molecule has 0 bridgehead atoms. The Balaban J connectivity index is 2.35. The normalized spacial score (nSPS) is 14.7. The summed E-state index contributed by atoms with van der Waals surface area (Å²) in [5.41, 5.74) is -0.0574. The first-order chi connectivity index (χ1) is 10.6. The largest absolute Gasteiger partial charge is 0.464 e. The molecule has 0 aromatic heterocycles. The smallest absolute Gasteiger partial charge is 0.340 e. The molecule has 116 valence electrons. The number of carbonyl (C=O) groups is 1. The van der Waals surface area contributed by atoms with Crippen LogP contribution in [0, 0.1) is 0 Å². The van der Waals surface area contributed by atoms with Crippen LogP contribution in [0.1, 0.15) is 25.5 Å². The van der Waals surface area contributed by atoms with Gasteiger partial charge in [-0.25, -0.2) is 4.79 Å². The van der Waals surface area contributed by atoms with Crippen LogP contribution in [0.3, 0.4) is 0 Å². The highest BCUT2D eigenvalue weighted by Gasteiger charge is 2.41. The van der Waals surface area contributed by atoms with Gasteiger partial charge >= 0.3 is 5.97 Å². The number of carbonyl (C=O) groups excluding carboxylic acids is 1. The number of hydrogen-bond donors (Lipinski definition) is 2. The molecule has 22 heavy (non-hydrogen) atoms. The molecule has 0 fully saturated rings. The maximum Gasteiger partial charge on any atom is 0.340 e. The maximum atomic E-state index is 12.2. The zero-order valence-electron chi connectivity index (χ0n) is 12.8. The molecule has 0 heterocycles. The maximum absolute atomic E-state index is 12.2. The molecule has 0 aliphatic carbocycles. The van der Waals surface area contributed by atoms with Gasteiger partial charge in [0.2, 0.25) is 0 Å². The van der Waals surface area contributed by atoms with Crippen molar-refractivity contribution in [3.8, 4) is 0 Å². The van der Waals surface area contributed by atoms with E-state index in [0.29, 0.717) is 0 Å². The van der Waals surface area contributed by atoms with E-state index in [1.54, 1.807) is 6.92 Å². The van der Waals surface area contributed by atoms with Crippen LogP contribution in [0.15, 0.2) is 60.7 Å². The van der Waals surface area contributed by atoms with E-state index in [1.165, 1.54) is 6.92 Å². The third-order valence-electron chi connectivity index (χ3n) is 3.47. The minimum absolute atomic E-state index is 0.224. The summed E-state index contributed by atoms with van der Waals surface area (Å²) in [6.45, 7) is 3.41. The lowest BCUT2D eigenvalue weighted by Crippen LogP contribution is -2.46. The molecular weight excluding hydrogens is 278 g/mol. The van der Waals surface area contributed by atoms with Crippen LogP contribution in [0.5, 0.6) is 0 Å². The van der Waals surface area contributed by atoms with Crippen molar-refractivity contribution < 1.29 is 14.6 Å². The van der Waals surface area contributed by atoms with Gasteiger partial charge in [-0.15, -0.1) is 0 Å². The van der Waals surface area contributed by atoms with Crippen molar-refractivity contribution in [2.45, 2.75) is 25.5 Å². The summed E-state index contributed by atoms with van der Waals surface area (Å²) in [6, 6.07) is 18.2. The van der Waals surface area contributed by atoms with E-state index in [2.05, 4.69) is 5.32 Å². The van der Waals surface area contributed by atoms with Crippen molar-refractivity contribution in [3.05, 3.63) is 66.2 Å². The fourth-order valence-corrected chi connectivity index (χ4v) is 2.29. The van der Waals surface area contributed by atoms with E-state index in [-0.39, 0.29) is 6.61 Å². The second-order valence-corrected chi connectivity index (χ2v) is 5.22. The second kappa shape index (κ2) is 7.09. The first kappa shape index (κ1) is 16.0. The lowest BCUT2D eigenvalue weighted by Gasteiger charge is -2.32. The predicted molar refractivity (Wildman–Crippen MR) is 86.5 cm³/mol. The number of ether oxygens (including phenoxy) is 1. The van der Waals surface area contributed by atoms with Gasteiger partial charge in [0.15, 0.2) is 5.60 Å². The summed E-state index contributed by atoms with van der Waals surface area (Å²) in [5, 5.41) is 14.0. The molecule has 0 radical (unpaired) electrons. The van der Waals surface area contributed by atoms with Crippen molar-refractivity contribution in [2.75, 3.05) is 11.9 Å². The van der Waals surface area contributed by atoms with Crippen molar-refractivity contribution in [1.29, 1.82) is 0 Å². The molecule has 2 rings (SSSR count). The van der Waals surface area contributed by atoms with Crippen LogP contribution in [0.25, 0.3) is 0 Å². The molecule has 0 amide bonds. The van der Waals surface area contributed by atoms with E-state index in [4.69, 9.17) is 4.74 Å². The van der Waals surface area contributed by atoms with Crippen molar-refractivity contribution in [1.82, 2.24) is 0 Å². The fraction of sp³-hybridized carbons (Fsp3) is 0.278. The third kappa shape index (κ3) is 3.65. The van der Waals surface area contributed by atoms with Crippen LogP contribution in [0.4, 0.5) is 5.69 Å². The van der Waals surface area contributed by atoms with Gasteiger partial charge in [-0.05, 0) is 31.5 Å². The highest BCUT2D eigenvalue weighted by molar-refractivity contribution is 5.81. The van der Waals surface area contributed by atoms with Crippen molar-refractivity contribution in [2.24, 2.45) is 0 Å². The standard InChI is InChI=1S/C18H21NO3/c1-3-22-17(20)18(2,21)16(14-10-6-4-7-11-14)19-15-12-8-5-9-13-15/h4-13,16,19,21H,3H2,1-2H3. The van der Waals surface area contributed by atoms with Crippen molar-refractivity contribution in [3.63, 3.8) is 0 Å². The lowest BCUT2D eigenvalue weighted by atomic mass is 9.89. The molecule has 2 atom stereocenters. The fourth-order valence-electron chi connectivity index (χ4n) is 2.29. The first-order valence-corrected chi connectivity index (χ1v) is 7.32. The minimum Gasteiger partial charge on any atom is -0.464 e. The van der Waals surface area contributed by atoms with E-state index < -0.39 is 17.6 Å². The summed E-state index contributed by atoms with van der Waals surface area (Å²) in [7, 11) is 0. The van der Waals surface area contributed by atoms with E-state index >= 15 is 0 Å². The van der Waals surface area contributed by atoms with E-state index in [0.717, 1.165) is 11.3 Å². The van der Waals surface area contributed by atoms with Gasteiger partial charge < -0.3 is 15.2 Å². The Hall–Kier alpha value is -2.33. The first-order valence-electron chi connectivity index (χ1n) is 7.32. The van der Waals surface area contributed by atoms with E-state index in [1.807, 2.05) is 60.7 Å². The van der Waals surface area contributed by atoms with Crippen LogP contribution in [-0.4, -0.2) is 23.3 Å². The van der Waals surface area contributed by atoms with Gasteiger partial charge in [0.1, 0.15) is 0 Å². The zero-order chi connectivity index (χ0) is 16.0. The van der Waals surface area contributed by atoms with Crippen LogP contribution < -0.4 is 5.32 Å². The average molecular weight is 299 g/mol. The molecule has 2 unspecified atom stereocenters. The Morgan fingerprint density at radius 3 is 2.23 bits per heavy atom. The quantitative estimate of drug-likeness (QED) is 0.805. The molecule has 4 nitrogen and oxygen atoms in total. The van der Waals surface area contributed by atoms with Crippen LogP contribution >= 0.6 is 0 Å². The highest BCUT2D eigenvalue weighted by Crippen LogP contribution is 2.31. The summed E-state index contributed by atoms with van der Waals surface area (Å²) in [6.07, 6.45) is 0. The van der Waals surface area contributed by atoms with Crippen molar-refractivity contribution >= 4 is 11.7 Å². The Bertz CT molecular complexity index is 596. The summed E-state index contributed by atoms with van der Waals surface area (Å²) in [5.74, 6) is -0.646. The van der Waals surface area contributed by atoms with E-state index in [9.17, 15) is 9.90 Å². The Kier molecular flexibility index (Phi) is 5.17. The molecule has 2 aromatic rings. The highest BCUT2D eigenvalue weighted by atomic mass is 16.5. The topological polar surface area (TPSA) is 58.6 Å². The third-order valence-corrected chi connectivity index (χ3v) is 3.47. The summed E-state index contributed by atoms with van der Waals surface area (Å²) in [4.78, 5) is 12.2. The molecule has 0 aliphatic heterocycles. The second-order valence-electron chi connectivity index (χ2n) is 5.22. The minimum atomic E-state index is -1.69. The number of hydrogen-bond acceptors (Lipinski definition) is 4. The van der Waals surface area contributed by atoms with Gasteiger partial charge in [0, 0.05) is 5.69 Å². The molecule has 2 N–H and O–H groups in total. The summed E-state index contributed by atoms with van der Waals surface area (Å²) < 4.78 is 5.02. The van der Waals surface area contributed by atoms with Gasteiger partial charge in [0.05, 0.1) is 12.6 Å².